The Kier molecular flexibility index (Phi) is 4.01. The summed E-state index contributed by atoms with van der Waals surface area (Å²) in [5.74, 6) is 0. The zero-order valence-corrected chi connectivity index (χ0v) is 8.85. The second-order valence-corrected chi connectivity index (χ2v) is 3.43. The van der Waals surface area contributed by atoms with Crippen molar-refractivity contribution in [3.8, 4) is 6.07 Å². The van der Waals surface area contributed by atoms with E-state index in [9.17, 15) is 10.2 Å². The Balaban J connectivity index is 2.91. The highest BCUT2D eigenvalue weighted by Crippen LogP contribution is 2.17. The Morgan fingerprint density at radius 1 is 1.50 bits per heavy atom. The predicted molar refractivity (Wildman–Crippen MR) is 53.7 cm³/mol. The average Bonchev–Trinajstić information content (AvgIpc) is 2.27. The smallest absolute Gasteiger partial charge is 0.107 e. The summed E-state index contributed by atoms with van der Waals surface area (Å²) in [4.78, 5) is 3.78. The molecule has 2 N–H and O–H groups in total. The van der Waals surface area contributed by atoms with Gasteiger partial charge in [0.2, 0.25) is 0 Å². The normalized spacial score (nSPS) is 14.4. The van der Waals surface area contributed by atoms with Gasteiger partial charge in [-0.25, -0.2) is 0 Å². The van der Waals surface area contributed by atoms with Crippen LogP contribution >= 0.6 is 15.9 Å². The Bertz CT molecular complexity index is 351. The number of rotatable bonds is 3. The summed E-state index contributed by atoms with van der Waals surface area (Å²) in [5.41, 5.74) is 0.805. The molecule has 2 atom stereocenters. The lowest BCUT2D eigenvalue weighted by Crippen LogP contribution is -2.19. The molecule has 4 nitrogen and oxygen atoms in total. The van der Waals surface area contributed by atoms with E-state index in [2.05, 4.69) is 20.9 Å². The minimum atomic E-state index is -1.02. The van der Waals surface area contributed by atoms with Crippen LogP contribution < -0.4 is 0 Å². The number of aromatic nitrogens is 1. The van der Waals surface area contributed by atoms with Gasteiger partial charge in [0.15, 0.2) is 0 Å². The quantitative estimate of drug-likeness (QED) is 0.783. The molecule has 0 aliphatic rings. The van der Waals surface area contributed by atoms with Crippen molar-refractivity contribution >= 4 is 15.9 Å². The molecule has 0 radical (unpaired) electrons. The fraction of sp³-hybridized carbons (Fsp3) is 0.333. The van der Waals surface area contributed by atoms with E-state index in [0.717, 1.165) is 0 Å². The summed E-state index contributed by atoms with van der Waals surface area (Å²) < 4.78 is 0. The maximum absolute atomic E-state index is 9.58. The van der Waals surface area contributed by atoms with Crippen LogP contribution in [0.4, 0.5) is 0 Å². The summed E-state index contributed by atoms with van der Waals surface area (Å²) >= 11 is 3.05. The van der Waals surface area contributed by atoms with Crippen molar-refractivity contribution in [2.45, 2.75) is 12.2 Å². The Hall–Kier alpha value is -0.960. The highest BCUT2D eigenvalue weighted by Gasteiger charge is 2.17. The highest BCUT2D eigenvalue weighted by molar-refractivity contribution is 9.09. The van der Waals surface area contributed by atoms with Crippen molar-refractivity contribution in [2.24, 2.45) is 0 Å². The molecule has 0 spiro atoms. The molecule has 1 heterocycles. The molecule has 0 bridgehead atoms. The zero-order chi connectivity index (χ0) is 10.6. The maximum atomic E-state index is 9.58. The first-order valence-electron chi connectivity index (χ1n) is 3.96. The fourth-order valence-electron chi connectivity index (χ4n) is 0.987. The third-order valence-corrected chi connectivity index (χ3v) is 2.42. The molecule has 0 aliphatic carbocycles. The molecule has 5 heteroatoms. The van der Waals surface area contributed by atoms with Crippen molar-refractivity contribution in [3.63, 3.8) is 0 Å². The standard InChI is InChI=1S/C9H9BrN2O2/c10-2-8(13)9(14)7-1-6(3-11)4-12-5-7/h1,4-5,8-9,13-14H,2H2. The van der Waals surface area contributed by atoms with Crippen molar-refractivity contribution in [1.29, 1.82) is 5.26 Å². The third-order valence-electron chi connectivity index (χ3n) is 1.75. The van der Waals surface area contributed by atoms with Gasteiger partial charge >= 0.3 is 0 Å². The molecule has 2 unspecified atom stereocenters. The number of pyridine rings is 1. The number of alkyl halides is 1. The van der Waals surface area contributed by atoms with Crippen LogP contribution in [0.3, 0.4) is 0 Å². The van der Waals surface area contributed by atoms with Crippen molar-refractivity contribution < 1.29 is 10.2 Å². The predicted octanol–water partition coefficient (Wildman–Crippen LogP) is 0.742. The second kappa shape index (κ2) is 5.05. The number of halogens is 1. The van der Waals surface area contributed by atoms with Gasteiger partial charge in [-0.2, -0.15) is 5.26 Å². The fourth-order valence-corrected chi connectivity index (χ4v) is 1.34. The van der Waals surface area contributed by atoms with Gasteiger partial charge in [0, 0.05) is 23.3 Å². The van der Waals surface area contributed by atoms with E-state index in [1.54, 1.807) is 0 Å². The highest BCUT2D eigenvalue weighted by atomic mass is 79.9. The molecule has 0 fully saturated rings. The van der Waals surface area contributed by atoms with Crippen LogP contribution in [0, 0.1) is 11.3 Å². The van der Waals surface area contributed by atoms with Gasteiger partial charge in [-0.15, -0.1) is 0 Å². The van der Waals surface area contributed by atoms with E-state index in [1.807, 2.05) is 6.07 Å². The van der Waals surface area contributed by atoms with Crippen molar-refractivity contribution in [1.82, 2.24) is 4.98 Å². The lowest BCUT2D eigenvalue weighted by atomic mass is 10.1. The van der Waals surface area contributed by atoms with E-state index in [1.165, 1.54) is 18.5 Å². The van der Waals surface area contributed by atoms with E-state index in [-0.39, 0.29) is 5.33 Å². The number of nitrogens with zero attached hydrogens (tertiary/aromatic N) is 2. The summed E-state index contributed by atoms with van der Waals surface area (Å²) in [6, 6.07) is 3.42. The SMILES string of the molecule is N#Cc1cncc(C(O)C(O)CBr)c1. The maximum Gasteiger partial charge on any atom is 0.107 e. The molecule has 1 aromatic rings. The number of nitriles is 1. The molecule has 1 aromatic heterocycles. The summed E-state index contributed by atoms with van der Waals surface area (Å²) in [6.45, 7) is 0. The largest absolute Gasteiger partial charge is 0.389 e. The molecule has 1 rings (SSSR count). The topological polar surface area (TPSA) is 77.1 Å². The van der Waals surface area contributed by atoms with Crippen LogP contribution in [0.1, 0.15) is 17.2 Å². The molecule has 0 aromatic carbocycles. The Morgan fingerprint density at radius 2 is 2.21 bits per heavy atom. The van der Waals surface area contributed by atoms with E-state index < -0.39 is 12.2 Å². The van der Waals surface area contributed by atoms with Crippen LogP contribution in [-0.2, 0) is 0 Å². The van der Waals surface area contributed by atoms with Gasteiger partial charge in [0.05, 0.1) is 11.7 Å². The third kappa shape index (κ3) is 2.51. The molecule has 0 aliphatic heterocycles. The molecular weight excluding hydrogens is 248 g/mol. The summed E-state index contributed by atoms with van der Waals surface area (Å²) in [7, 11) is 0. The lowest BCUT2D eigenvalue weighted by Gasteiger charge is -2.15. The molecule has 74 valence electrons. The lowest BCUT2D eigenvalue weighted by molar-refractivity contribution is 0.0340. The number of hydrogen-bond acceptors (Lipinski definition) is 4. The van der Waals surface area contributed by atoms with Gasteiger partial charge < -0.3 is 10.2 Å². The summed E-state index contributed by atoms with van der Waals surface area (Å²) in [5, 5.41) is 27.8. The molecule has 0 saturated heterocycles. The Morgan fingerprint density at radius 3 is 2.79 bits per heavy atom. The molecule has 0 amide bonds. The van der Waals surface area contributed by atoms with Gasteiger partial charge in [-0.3, -0.25) is 4.98 Å². The van der Waals surface area contributed by atoms with Crippen LogP contribution in [0.25, 0.3) is 0 Å². The molecule has 0 saturated carbocycles. The second-order valence-electron chi connectivity index (χ2n) is 2.79. The van der Waals surface area contributed by atoms with Crippen LogP contribution in [0.15, 0.2) is 18.5 Å². The minimum Gasteiger partial charge on any atom is -0.389 e. The first kappa shape index (κ1) is 11.1. The number of aliphatic hydroxyl groups excluding tert-OH is 2. The van der Waals surface area contributed by atoms with Gasteiger partial charge in [0.1, 0.15) is 12.2 Å². The van der Waals surface area contributed by atoms with Gasteiger partial charge in [-0.05, 0) is 6.07 Å². The number of hydrogen-bond donors (Lipinski definition) is 2. The van der Waals surface area contributed by atoms with E-state index in [4.69, 9.17) is 5.26 Å². The first-order valence-corrected chi connectivity index (χ1v) is 5.08. The Labute approximate surface area is 90.0 Å². The van der Waals surface area contributed by atoms with Crippen molar-refractivity contribution in [2.75, 3.05) is 5.33 Å². The van der Waals surface area contributed by atoms with Gasteiger partial charge in [0.25, 0.3) is 0 Å². The molecule has 14 heavy (non-hydrogen) atoms. The van der Waals surface area contributed by atoms with E-state index >= 15 is 0 Å². The number of aliphatic hydroxyl groups is 2. The van der Waals surface area contributed by atoms with Crippen LogP contribution in [0.5, 0.6) is 0 Å². The van der Waals surface area contributed by atoms with Crippen LogP contribution in [-0.4, -0.2) is 26.6 Å². The van der Waals surface area contributed by atoms with E-state index in [0.29, 0.717) is 11.1 Å². The van der Waals surface area contributed by atoms with Gasteiger partial charge in [-0.1, -0.05) is 15.9 Å². The zero-order valence-electron chi connectivity index (χ0n) is 7.26. The van der Waals surface area contributed by atoms with Crippen molar-refractivity contribution in [3.05, 3.63) is 29.6 Å². The molecular formula is C9H9BrN2O2. The van der Waals surface area contributed by atoms with Crippen LogP contribution in [0.2, 0.25) is 0 Å². The average molecular weight is 257 g/mol. The minimum absolute atomic E-state index is 0.269. The summed E-state index contributed by atoms with van der Waals surface area (Å²) in [6.07, 6.45) is 0.912. The first-order chi connectivity index (χ1) is 6.69. The monoisotopic (exact) mass is 256 g/mol.